The van der Waals surface area contributed by atoms with Crippen LogP contribution in [0.5, 0.6) is 0 Å². The van der Waals surface area contributed by atoms with Crippen molar-refractivity contribution in [1.82, 2.24) is 24.1 Å². The highest BCUT2D eigenvalue weighted by Gasteiger charge is 2.27. The molecule has 0 aliphatic rings. The van der Waals surface area contributed by atoms with Crippen molar-refractivity contribution in [2.24, 2.45) is 0 Å². The fourth-order valence-corrected chi connectivity index (χ4v) is 11.9. The molecule has 4 aromatic heterocycles. The Morgan fingerprint density at radius 2 is 0.904 bits per heavy atom. The van der Waals surface area contributed by atoms with E-state index in [9.17, 15) is 0 Å². The molecule has 0 spiro atoms. The van der Waals surface area contributed by atoms with Gasteiger partial charge in [-0.15, -0.1) is 0 Å². The van der Waals surface area contributed by atoms with E-state index in [1.165, 1.54) is 26.9 Å². The van der Waals surface area contributed by atoms with Gasteiger partial charge in [0, 0.05) is 54.5 Å². The second-order valence-corrected chi connectivity index (χ2v) is 19.1. The zero-order valence-electron chi connectivity index (χ0n) is 39.2. The van der Waals surface area contributed by atoms with Gasteiger partial charge in [-0.25, -0.2) is 15.0 Å². The van der Waals surface area contributed by atoms with E-state index < -0.39 is 0 Å². The van der Waals surface area contributed by atoms with E-state index in [1.807, 2.05) is 0 Å². The molecular formula is C67H39N5O. The monoisotopic (exact) mass is 929 g/mol. The lowest BCUT2D eigenvalue weighted by Crippen LogP contribution is -2.05. The van der Waals surface area contributed by atoms with Crippen LogP contribution in [0.4, 0.5) is 0 Å². The largest absolute Gasteiger partial charge is 0.455 e. The molecule has 0 saturated heterocycles. The Labute approximate surface area is 417 Å². The molecule has 0 saturated carbocycles. The second-order valence-electron chi connectivity index (χ2n) is 19.1. The van der Waals surface area contributed by atoms with Gasteiger partial charge in [0.1, 0.15) is 11.2 Å². The number of hydrogen-bond acceptors (Lipinski definition) is 4. The highest BCUT2D eigenvalue weighted by Crippen LogP contribution is 2.47. The van der Waals surface area contributed by atoms with E-state index in [1.54, 1.807) is 0 Å². The van der Waals surface area contributed by atoms with Crippen molar-refractivity contribution in [3.8, 4) is 45.5 Å². The van der Waals surface area contributed by atoms with Crippen molar-refractivity contribution in [2.45, 2.75) is 0 Å². The molecular weight excluding hydrogens is 891 g/mol. The summed E-state index contributed by atoms with van der Waals surface area (Å²) in [6.45, 7) is 0. The van der Waals surface area contributed by atoms with E-state index in [-0.39, 0.29) is 0 Å². The van der Waals surface area contributed by atoms with Crippen molar-refractivity contribution in [2.75, 3.05) is 0 Å². The molecule has 6 nitrogen and oxygen atoms in total. The second kappa shape index (κ2) is 15.3. The summed E-state index contributed by atoms with van der Waals surface area (Å²) in [5.41, 5.74) is 10.5. The molecule has 338 valence electrons. The highest BCUT2D eigenvalue weighted by atomic mass is 16.3. The molecule has 0 radical (unpaired) electrons. The molecule has 4 heterocycles. The van der Waals surface area contributed by atoms with E-state index in [0.29, 0.717) is 17.5 Å². The molecule has 0 atom stereocenters. The van der Waals surface area contributed by atoms with Gasteiger partial charge in [-0.1, -0.05) is 176 Å². The lowest BCUT2D eigenvalue weighted by Gasteiger charge is -2.17. The van der Waals surface area contributed by atoms with Crippen LogP contribution in [-0.2, 0) is 0 Å². The smallest absolute Gasteiger partial charge is 0.166 e. The van der Waals surface area contributed by atoms with Crippen molar-refractivity contribution >= 4 is 109 Å². The Bertz CT molecular complexity index is 4980. The van der Waals surface area contributed by atoms with Gasteiger partial charge in [-0.3, -0.25) is 0 Å². The van der Waals surface area contributed by atoms with Crippen LogP contribution >= 0.6 is 0 Å². The molecule has 0 amide bonds. The summed E-state index contributed by atoms with van der Waals surface area (Å²) in [7, 11) is 0. The molecule has 12 aromatic carbocycles. The Hall–Kier alpha value is -9.91. The van der Waals surface area contributed by atoms with Crippen molar-refractivity contribution < 1.29 is 4.42 Å². The third-order valence-electron chi connectivity index (χ3n) is 15.1. The van der Waals surface area contributed by atoms with E-state index in [0.717, 1.165) is 110 Å². The number of nitrogens with zero attached hydrogens (tertiary/aromatic N) is 5. The first-order valence-electron chi connectivity index (χ1n) is 24.8. The summed E-state index contributed by atoms with van der Waals surface area (Å²) in [6, 6.07) is 84.4. The molecule has 0 N–H and O–H groups in total. The Balaban J connectivity index is 1.09. The highest BCUT2D eigenvalue weighted by molar-refractivity contribution is 6.25. The van der Waals surface area contributed by atoms with Gasteiger partial charge in [0.05, 0.1) is 33.3 Å². The summed E-state index contributed by atoms with van der Waals surface area (Å²) >= 11 is 0. The van der Waals surface area contributed by atoms with Crippen LogP contribution in [0.3, 0.4) is 0 Å². The molecule has 0 unspecified atom stereocenters. The number of aromatic nitrogens is 5. The minimum Gasteiger partial charge on any atom is -0.455 e. The first kappa shape index (κ1) is 39.9. The average molecular weight is 930 g/mol. The standard InChI is InChI=1S/C67H39N5O/c1-2-22-45(23-3-1)71-55-31-13-12-27-49(55)50-28-15-30-53(63(50)71)66-68-65(51-29-14-21-40-16-6-9-24-46(40)51)69-67(70-66)62-57(36-37-59-61(62)52-34-32-42-18-8-11-26-48(42)64(52)73-59)72-56-35-33-41-17-7-10-25-47(41)60(56)54-38-43-19-4-5-20-44(43)39-58(54)72/h1-39H. The maximum atomic E-state index is 7.05. The molecule has 0 bridgehead atoms. The van der Waals surface area contributed by atoms with Gasteiger partial charge in [0.2, 0.25) is 0 Å². The predicted molar refractivity (Wildman–Crippen MR) is 302 cm³/mol. The van der Waals surface area contributed by atoms with Gasteiger partial charge in [-0.05, 0) is 98.4 Å². The van der Waals surface area contributed by atoms with Gasteiger partial charge < -0.3 is 13.6 Å². The number of furan rings is 1. The summed E-state index contributed by atoms with van der Waals surface area (Å²) < 4.78 is 11.8. The van der Waals surface area contributed by atoms with Crippen LogP contribution in [0.15, 0.2) is 241 Å². The summed E-state index contributed by atoms with van der Waals surface area (Å²) in [6.07, 6.45) is 0. The zero-order chi connectivity index (χ0) is 47.7. The van der Waals surface area contributed by atoms with E-state index >= 15 is 0 Å². The number of rotatable bonds is 5. The summed E-state index contributed by atoms with van der Waals surface area (Å²) in [4.78, 5) is 17.0. The molecule has 0 aliphatic carbocycles. The van der Waals surface area contributed by atoms with E-state index in [2.05, 4.69) is 246 Å². The van der Waals surface area contributed by atoms with Crippen LogP contribution in [-0.4, -0.2) is 24.1 Å². The van der Waals surface area contributed by atoms with Gasteiger partial charge in [0.15, 0.2) is 17.5 Å². The minimum absolute atomic E-state index is 0.542. The van der Waals surface area contributed by atoms with Crippen LogP contribution in [0.2, 0.25) is 0 Å². The first-order chi connectivity index (χ1) is 36.2. The molecule has 6 heteroatoms. The molecule has 16 aromatic rings. The van der Waals surface area contributed by atoms with Gasteiger partial charge in [-0.2, -0.15) is 0 Å². The fraction of sp³-hybridized carbons (Fsp3) is 0. The Morgan fingerprint density at radius 1 is 0.315 bits per heavy atom. The maximum Gasteiger partial charge on any atom is 0.166 e. The SMILES string of the molecule is c1ccc(-n2c3ccccc3c3cccc(-c4nc(-c5cccc6ccccc56)nc(-c5c(-n6c7cc8ccccc8cc7c7c8ccccc8ccc76)ccc6oc7c8ccccc8ccc7c56)n4)c32)cc1. The fourth-order valence-electron chi connectivity index (χ4n) is 11.9. The topological polar surface area (TPSA) is 61.7 Å². The maximum absolute atomic E-state index is 7.05. The van der Waals surface area contributed by atoms with Gasteiger partial charge in [0.25, 0.3) is 0 Å². The molecule has 16 rings (SSSR count). The summed E-state index contributed by atoms with van der Waals surface area (Å²) in [5, 5.41) is 15.6. The lowest BCUT2D eigenvalue weighted by molar-refractivity contribution is 0.672. The van der Waals surface area contributed by atoms with Crippen LogP contribution < -0.4 is 0 Å². The average Bonchev–Trinajstić information content (AvgIpc) is 4.14. The number of hydrogen-bond donors (Lipinski definition) is 0. The predicted octanol–water partition coefficient (Wildman–Crippen LogP) is 17.6. The summed E-state index contributed by atoms with van der Waals surface area (Å²) in [5.74, 6) is 1.69. The van der Waals surface area contributed by atoms with Crippen molar-refractivity contribution in [3.05, 3.63) is 237 Å². The quantitative estimate of drug-likeness (QED) is 0.173. The molecule has 73 heavy (non-hydrogen) atoms. The minimum atomic E-state index is 0.542. The Kier molecular flexibility index (Phi) is 8.36. The number of para-hydroxylation sites is 3. The normalized spacial score (nSPS) is 12.1. The van der Waals surface area contributed by atoms with Crippen LogP contribution in [0, 0.1) is 0 Å². The van der Waals surface area contributed by atoms with Crippen LogP contribution in [0.1, 0.15) is 0 Å². The third kappa shape index (κ3) is 5.83. The number of benzene rings is 12. The van der Waals surface area contributed by atoms with E-state index in [4.69, 9.17) is 19.4 Å². The third-order valence-corrected chi connectivity index (χ3v) is 15.1. The number of fused-ring (bicyclic) bond motifs is 15. The first-order valence-corrected chi connectivity index (χ1v) is 24.8. The lowest BCUT2D eigenvalue weighted by atomic mass is 10.00. The van der Waals surface area contributed by atoms with Crippen molar-refractivity contribution in [3.63, 3.8) is 0 Å². The molecule has 0 fully saturated rings. The van der Waals surface area contributed by atoms with Crippen LogP contribution in [0.25, 0.3) is 154 Å². The van der Waals surface area contributed by atoms with Gasteiger partial charge >= 0.3 is 0 Å². The van der Waals surface area contributed by atoms with Crippen molar-refractivity contribution in [1.29, 1.82) is 0 Å². The molecule has 0 aliphatic heterocycles. The Morgan fingerprint density at radius 3 is 1.73 bits per heavy atom. The zero-order valence-corrected chi connectivity index (χ0v) is 39.2.